The van der Waals surface area contributed by atoms with Gasteiger partial charge in [0.1, 0.15) is 5.82 Å². The number of aliphatic hydroxyl groups is 1. The van der Waals surface area contributed by atoms with E-state index in [1.54, 1.807) is 18.0 Å². The Labute approximate surface area is 138 Å². The van der Waals surface area contributed by atoms with Crippen LogP contribution in [-0.2, 0) is 0 Å². The van der Waals surface area contributed by atoms with Crippen LogP contribution in [0, 0.1) is 0 Å². The average Bonchev–Trinajstić information content (AvgIpc) is 2.53. The van der Waals surface area contributed by atoms with Crippen molar-refractivity contribution >= 4 is 11.8 Å². The first-order chi connectivity index (χ1) is 11.0. The molecule has 2 heterocycles. The molecule has 23 heavy (non-hydrogen) atoms. The first-order valence-corrected chi connectivity index (χ1v) is 8.38. The molecule has 1 saturated heterocycles. The van der Waals surface area contributed by atoms with Crippen molar-refractivity contribution in [3.05, 3.63) is 24.4 Å². The number of rotatable bonds is 5. The molecule has 0 aliphatic carbocycles. The number of urea groups is 1. The van der Waals surface area contributed by atoms with Gasteiger partial charge >= 0.3 is 6.03 Å². The van der Waals surface area contributed by atoms with E-state index in [0.29, 0.717) is 6.54 Å². The van der Waals surface area contributed by atoms with Crippen molar-refractivity contribution in [1.82, 2.24) is 15.2 Å². The molecule has 2 amide bonds. The van der Waals surface area contributed by atoms with Crippen LogP contribution in [0.1, 0.15) is 33.6 Å². The predicted octanol–water partition coefficient (Wildman–Crippen LogP) is 1.85. The molecule has 1 aromatic rings. The molecular weight excluding hydrogens is 292 g/mol. The van der Waals surface area contributed by atoms with Crippen LogP contribution in [0.3, 0.4) is 0 Å². The van der Waals surface area contributed by atoms with E-state index in [1.807, 2.05) is 32.0 Å². The van der Waals surface area contributed by atoms with Crippen molar-refractivity contribution < 1.29 is 9.90 Å². The Kier molecular flexibility index (Phi) is 6.21. The maximum absolute atomic E-state index is 12.4. The molecule has 0 bridgehead atoms. The minimum atomic E-state index is -0.519. The fraction of sp³-hybridized carbons (Fsp3) is 0.647. The van der Waals surface area contributed by atoms with Crippen molar-refractivity contribution in [3.63, 3.8) is 0 Å². The summed E-state index contributed by atoms with van der Waals surface area (Å²) < 4.78 is 0. The highest BCUT2D eigenvalue weighted by Crippen LogP contribution is 2.17. The SMILES string of the molecule is CC(O)CN(C(=O)NC1CCN(c2ccccn2)CC1)C(C)C. The molecule has 0 aromatic carbocycles. The summed E-state index contributed by atoms with van der Waals surface area (Å²) in [6, 6.07) is 6.08. The number of hydrogen-bond acceptors (Lipinski definition) is 4. The van der Waals surface area contributed by atoms with Gasteiger partial charge in [-0.3, -0.25) is 0 Å². The van der Waals surface area contributed by atoms with E-state index in [2.05, 4.69) is 15.2 Å². The van der Waals surface area contributed by atoms with Crippen LogP contribution in [0.2, 0.25) is 0 Å². The minimum absolute atomic E-state index is 0.0678. The molecule has 1 aromatic heterocycles. The summed E-state index contributed by atoms with van der Waals surface area (Å²) >= 11 is 0. The second-order valence-corrected chi connectivity index (χ2v) is 6.49. The lowest BCUT2D eigenvalue weighted by Gasteiger charge is -2.35. The number of piperidine rings is 1. The number of pyridine rings is 1. The van der Waals surface area contributed by atoms with Gasteiger partial charge in [-0.25, -0.2) is 9.78 Å². The summed E-state index contributed by atoms with van der Waals surface area (Å²) in [6.07, 6.45) is 3.10. The molecule has 1 unspecified atom stereocenters. The number of aromatic nitrogens is 1. The van der Waals surface area contributed by atoms with Crippen molar-refractivity contribution in [1.29, 1.82) is 0 Å². The van der Waals surface area contributed by atoms with Gasteiger partial charge in [-0.2, -0.15) is 0 Å². The van der Waals surface area contributed by atoms with Gasteiger partial charge in [-0.05, 0) is 45.7 Å². The van der Waals surface area contributed by atoms with Gasteiger partial charge in [0.05, 0.1) is 6.10 Å². The van der Waals surface area contributed by atoms with Crippen molar-refractivity contribution in [3.8, 4) is 0 Å². The number of anilines is 1. The molecule has 6 heteroatoms. The first-order valence-electron chi connectivity index (χ1n) is 8.38. The fourth-order valence-corrected chi connectivity index (χ4v) is 2.86. The van der Waals surface area contributed by atoms with Gasteiger partial charge in [0.15, 0.2) is 0 Å². The number of nitrogens with zero attached hydrogens (tertiary/aromatic N) is 3. The highest BCUT2D eigenvalue weighted by molar-refractivity contribution is 5.75. The third kappa shape index (κ3) is 5.10. The Hall–Kier alpha value is -1.82. The Morgan fingerprint density at radius 1 is 1.39 bits per heavy atom. The van der Waals surface area contributed by atoms with Gasteiger partial charge in [0.2, 0.25) is 0 Å². The van der Waals surface area contributed by atoms with Crippen LogP contribution in [0.5, 0.6) is 0 Å². The van der Waals surface area contributed by atoms with Crippen LogP contribution in [0.4, 0.5) is 10.6 Å². The molecule has 2 rings (SSSR count). The number of aliphatic hydroxyl groups excluding tert-OH is 1. The summed E-state index contributed by atoms with van der Waals surface area (Å²) in [5.74, 6) is 0.996. The average molecular weight is 320 g/mol. The zero-order chi connectivity index (χ0) is 16.8. The summed E-state index contributed by atoms with van der Waals surface area (Å²) in [4.78, 5) is 20.7. The van der Waals surface area contributed by atoms with E-state index >= 15 is 0 Å². The number of carbonyl (C=O) groups is 1. The van der Waals surface area contributed by atoms with E-state index in [1.165, 1.54) is 0 Å². The molecule has 1 atom stereocenters. The zero-order valence-corrected chi connectivity index (χ0v) is 14.3. The van der Waals surface area contributed by atoms with Crippen LogP contribution in [0.15, 0.2) is 24.4 Å². The third-order valence-electron chi connectivity index (χ3n) is 4.14. The summed E-state index contributed by atoms with van der Waals surface area (Å²) in [7, 11) is 0. The smallest absolute Gasteiger partial charge is 0.317 e. The second-order valence-electron chi connectivity index (χ2n) is 6.49. The van der Waals surface area contributed by atoms with Gasteiger partial charge in [-0.15, -0.1) is 0 Å². The molecule has 2 N–H and O–H groups in total. The Morgan fingerprint density at radius 3 is 2.61 bits per heavy atom. The Bertz CT molecular complexity index is 485. The molecule has 1 fully saturated rings. The van der Waals surface area contributed by atoms with E-state index in [4.69, 9.17) is 0 Å². The van der Waals surface area contributed by atoms with Crippen LogP contribution in [-0.4, -0.2) is 58.8 Å². The molecule has 1 aliphatic rings. The maximum Gasteiger partial charge on any atom is 0.317 e. The monoisotopic (exact) mass is 320 g/mol. The van der Waals surface area contributed by atoms with Gasteiger partial charge in [0.25, 0.3) is 0 Å². The van der Waals surface area contributed by atoms with Crippen molar-refractivity contribution in [2.75, 3.05) is 24.5 Å². The Morgan fingerprint density at radius 2 is 2.09 bits per heavy atom. The highest BCUT2D eigenvalue weighted by atomic mass is 16.3. The number of carbonyl (C=O) groups excluding carboxylic acids is 1. The van der Waals surface area contributed by atoms with Crippen molar-refractivity contribution in [2.45, 2.75) is 51.8 Å². The lowest BCUT2D eigenvalue weighted by molar-refractivity contribution is 0.116. The maximum atomic E-state index is 12.4. The predicted molar refractivity (Wildman–Crippen MR) is 91.5 cm³/mol. The molecule has 1 aliphatic heterocycles. The zero-order valence-electron chi connectivity index (χ0n) is 14.3. The minimum Gasteiger partial charge on any atom is -0.392 e. The largest absolute Gasteiger partial charge is 0.392 e. The molecule has 128 valence electrons. The topological polar surface area (TPSA) is 68.7 Å². The summed E-state index contributed by atoms with van der Waals surface area (Å²) in [6.45, 7) is 7.77. The van der Waals surface area contributed by atoms with Gasteiger partial charge in [0, 0.05) is 37.9 Å². The number of amides is 2. The van der Waals surface area contributed by atoms with E-state index in [9.17, 15) is 9.90 Å². The van der Waals surface area contributed by atoms with Gasteiger partial charge in [-0.1, -0.05) is 6.07 Å². The van der Waals surface area contributed by atoms with Crippen LogP contribution >= 0.6 is 0 Å². The molecule has 0 spiro atoms. The Balaban J connectivity index is 1.84. The van der Waals surface area contributed by atoms with Crippen molar-refractivity contribution in [2.24, 2.45) is 0 Å². The number of hydrogen-bond donors (Lipinski definition) is 2. The van der Waals surface area contributed by atoms with E-state index in [0.717, 1.165) is 31.7 Å². The first kappa shape index (κ1) is 17.5. The highest BCUT2D eigenvalue weighted by Gasteiger charge is 2.25. The lowest BCUT2D eigenvalue weighted by Crippen LogP contribution is -2.52. The fourth-order valence-electron chi connectivity index (χ4n) is 2.86. The lowest BCUT2D eigenvalue weighted by atomic mass is 10.1. The van der Waals surface area contributed by atoms with Crippen LogP contribution < -0.4 is 10.2 Å². The third-order valence-corrected chi connectivity index (χ3v) is 4.14. The summed E-state index contributed by atoms with van der Waals surface area (Å²) in [5, 5.41) is 12.7. The van der Waals surface area contributed by atoms with Crippen LogP contribution in [0.25, 0.3) is 0 Å². The normalized spacial score (nSPS) is 17.2. The molecule has 0 radical (unpaired) electrons. The summed E-state index contributed by atoms with van der Waals surface area (Å²) in [5.41, 5.74) is 0. The molecule has 6 nitrogen and oxygen atoms in total. The standard InChI is InChI=1S/C17H28N4O2/c1-13(2)21(12-14(3)22)17(23)19-15-7-10-20(11-8-15)16-6-4-5-9-18-16/h4-6,9,13-15,22H,7-8,10-12H2,1-3H3,(H,19,23). The molecular formula is C17H28N4O2. The molecule has 0 saturated carbocycles. The quantitative estimate of drug-likeness (QED) is 0.869. The van der Waals surface area contributed by atoms with Gasteiger partial charge < -0.3 is 20.2 Å². The number of nitrogens with one attached hydrogen (secondary N) is 1. The van der Waals surface area contributed by atoms with E-state index < -0.39 is 6.10 Å². The van der Waals surface area contributed by atoms with E-state index in [-0.39, 0.29) is 18.1 Å². The second kappa shape index (κ2) is 8.15.